The standard InChI is InChI=1S/C22H14Cl2FN3O2S/c1-11-2-7-19-18(8-11)27-21(30-19)15-10-13(4-6-16(15)23)26-22(31)28-20(29)14-5-3-12(25)9-17(14)24/h2-10H,1H3,(H2,26,28,29,31). The monoisotopic (exact) mass is 473 g/mol. The van der Waals surface area contributed by atoms with Crippen LogP contribution in [0.1, 0.15) is 15.9 Å². The van der Waals surface area contributed by atoms with Crippen molar-refractivity contribution in [3.63, 3.8) is 0 Å². The first-order valence-corrected chi connectivity index (χ1v) is 10.2. The van der Waals surface area contributed by atoms with Gasteiger partial charge in [0.1, 0.15) is 11.3 Å². The number of rotatable bonds is 3. The minimum Gasteiger partial charge on any atom is -0.436 e. The molecule has 5 nitrogen and oxygen atoms in total. The molecule has 0 aliphatic heterocycles. The van der Waals surface area contributed by atoms with E-state index in [0.717, 1.165) is 23.2 Å². The lowest BCUT2D eigenvalue weighted by Crippen LogP contribution is -2.34. The number of nitrogens with zero attached hydrogens (tertiary/aromatic N) is 1. The van der Waals surface area contributed by atoms with Crippen molar-refractivity contribution in [2.24, 2.45) is 0 Å². The maximum Gasteiger partial charge on any atom is 0.258 e. The average molecular weight is 474 g/mol. The van der Waals surface area contributed by atoms with Crippen LogP contribution in [0.15, 0.2) is 59.0 Å². The summed E-state index contributed by atoms with van der Waals surface area (Å²) in [5.41, 5.74) is 3.67. The van der Waals surface area contributed by atoms with E-state index in [2.05, 4.69) is 15.6 Å². The van der Waals surface area contributed by atoms with Gasteiger partial charge in [0, 0.05) is 5.69 Å². The van der Waals surface area contributed by atoms with E-state index in [-0.39, 0.29) is 15.7 Å². The van der Waals surface area contributed by atoms with Gasteiger partial charge in [0.2, 0.25) is 5.89 Å². The minimum absolute atomic E-state index is 0.0136. The molecule has 0 radical (unpaired) electrons. The summed E-state index contributed by atoms with van der Waals surface area (Å²) < 4.78 is 19.0. The fraction of sp³-hybridized carbons (Fsp3) is 0.0455. The smallest absolute Gasteiger partial charge is 0.258 e. The Morgan fingerprint density at radius 2 is 1.87 bits per heavy atom. The van der Waals surface area contributed by atoms with E-state index >= 15 is 0 Å². The lowest BCUT2D eigenvalue weighted by Gasteiger charge is -2.11. The first-order chi connectivity index (χ1) is 14.8. The molecule has 0 saturated heterocycles. The number of benzene rings is 3. The van der Waals surface area contributed by atoms with E-state index in [9.17, 15) is 9.18 Å². The second-order valence-corrected chi connectivity index (χ2v) is 7.94. The van der Waals surface area contributed by atoms with Crippen LogP contribution in [-0.4, -0.2) is 16.0 Å². The number of nitrogens with one attached hydrogen (secondary N) is 2. The van der Waals surface area contributed by atoms with Gasteiger partial charge >= 0.3 is 0 Å². The molecule has 0 atom stereocenters. The van der Waals surface area contributed by atoms with Gasteiger partial charge in [-0.2, -0.15) is 0 Å². The van der Waals surface area contributed by atoms with Crippen molar-refractivity contribution in [1.82, 2.24) is 10.3 Å². The number of anilines is 1. The highest BCUT2D eigenvalue weighted by atomic mass is 35.5. The Hall–Kier alpha value is -3.00. The van der Waals surface area contributed by atoms with E-state index < -0.39 is 11.7 Å². The minimum atomic E-state index is -0.564. The fourth-order valence-corrected chi connectivity index (χ4v) is 3.59. The molecule has 3 aromatic carbocycles. The molecular formula is C22H14Cl2FN3O2S. The molecule has 0 spiro atoms. The number of halogens is 3. The topological polar surface area (TPSA) is 67.2 Å². The second-order valence-electron chi connectivity index (χ2n) is 6.72. The Balaban J connectivity index is 1.53. The number of aryl methyl sites for hydroxylation is 1. The Labute approximate surface area is 192 Å². The number of hydrogen-bond acceptors (Lipinski definition) is 4. The molecule has 1 amide bonds. The van der Waals surface area contributed by atoms with Gasteiger partial charge in [-0.25, -0.2) is 9.37 Å². The Morgan fingerprint density at radius 3 is 2.65 bits per heavy atom. The van der Waals surface area contributed by atoms with E-state index in [0.29, 0.717) is 27.7 Å². The van der Waals surface area contributed by atoms with E-state index in [1.807, 2.05) is 25.1 Å². The first kappa shape index (κ1) is 21.2. The van der Waals surface area contributed by atoms with Gasteiger partial charge in [0.25, 0.3) is 5.91 Å². The Morgan fingerprint density at radius 1 is 1.06 bits per heavy atom. The molecular weight excluding hydrogens is 460 g/mol. The molecule has 0 unspecified atom stereocenters. The highest BCUT2D eigenvalue weighted by Gasteiger charge is 2.15. The van der Waals surface area contributed by atoms with Crippen molar-refractivity contribution < 1.29 is 13.6 Å². The third-order valence-electron chi connectivity index (χ3n) is 4.40. The van der Waals surface area contributed by atoms with Crippen molar-refractivity contribution >= 4 is 63.2 Å². The number of carbonyl (C=O) groups is 1. The van der Waals surface area contributed by atoms with Crippen LogP contribution in [0.5, 0.6) is 0 Å². The van der Waals surface area contributed by atoms with E-state index in [4.69, 9.17) is 39.8 Å². The summed E-state index contributed by atoms with van der Waals surface area (Å²) in [4.78, 5) is 16.9. The molecule has 0 aliphatic carbocycles. The summed E-state index contributed by atoms with van der Waals surface area (Å²) in [5, 5.41) is 5.88. The summed E-state index contributed by atoms with van der Waals surface area (Å²) in [6.07, 6.45) is 0. The molecule has 156 valence electrons. The quantitative estimate of drug-likeness (QED) is 0.338. The van der Waals surface area contributed by atoms with Crippen molar-refractivity contribution in [2.75, 3.05) is 5.32 Å². The molecule has 0 aliphatic rings. The lowest BCUT2D eigenvalue weighted by atomic mass is 10.2. The fourth-order valence-electron chi connectivity index (χ4n) is 2.93. The normalized spacial score (nSPS) is 10.8. The molecule has 9 heteroatoms. The average Bonchev–Trinajstić information content (AvgIpc) is 3.12. The van der Waals surface area contributed by atoms with Crippen LogP contribution in [0.25, 0.3) is 22.6 Å². The Kier molecular flexibility index (Phi) is 5.91. The number of carbonyl (C=O) groups excluding carboxylic acids is 1. The third-order valence-corrected chi connectivity index (χ3v) is 5.25. The molecule has 1 aromatic heterocycles. The van der Waals surface area contributed by atoms with Crippen molar-refractivity contribution in [2.45, 2.75) is 6.92 Å². The van der Waals surface area contributed by atoms with Gasteiger partial charge in [-0.1, -0.05) is 29.3 Å². The summed E-state index contributed by atoms with van der Waals surface area (Å²) >= 11 is 17.5. The summed E-state index contributed by atoms with van der Waals surface area (Å²) in [6.45, 7) is 1.97. The number of thiocarbonyl (C=S) groups is 1. The summed E-state index contributed by atoms with van der Waals surface area (Å²) in [6, 6.07) is 14.3. The lowest BCUT2D eigenvalue weighted by molar-refractivity contribution is 0.0978. The zero-order chi connectivity index (χ0) is 22.1. The molecule has 4 rings (SSSR count). The molecule has 0 bridgehead atoms. The highest BCUT2D eigenvalue weighted by Crippen LogP contribution is 2.32. The Bertz CT molecular complexity index is 1340. The number of amides is 1. The first-order valence-electron chi connectivity index (χ1n) is 9.04. The van der Waals surface area contributed by atoms with Gasteiger partial charge in [0.15, 0.2) is 10.7 Å². The van der Waals surface area contributed by atoms with Crippen LogP contribution in [-0.2, 0) is 0 Å². The molecule has 0 fully saturated rings. The highest BCUT2D eigenvalue weighted by molar-refractivity contribution is 7.80. The van der Waals surface area contributed by atoms with Gasteiger partial charge in [-0.05, 0) is 73.2 Å². The van der Waals surface area contributed by atoms with Crippen LogP contribution in [0.3, 0.4) is 0 Å². The molecule has 4 aromatic rings. The number of hydrogen-bond donors (Lipinski definition) is 2. The second kappa shape index (κ2) is 8.63. The molecule has 2 N–H and O–H groups in total. The van der Waals surface area contributed by atoms with Crippen molar-refractivity contribution in [1.29, 1.82) is 0 Å². The summed E-state index contributed by atoms with van der Waals surface area (Å²) in [5.74, 6) is -0.737. The number of fused-ring (bicyclic) bond motifs is 1. The van der Waals surface area contributed by atoms with Gasteiger partial charge in [0.05, 0.1) is 21.2 Å². The predicted molar refractivity (Wildman–Crippen MR) is 124 cm³/mol. The largest absolute Gasteiger partial charge is 0.436 e. The zero-order valence-corrected chi connectivity index (χ0v) is 18.3. The predicted octanol–water partition coefficient (Wildman–Crippen LogP) is 6.38. The van der Waals surface area contributed by atoms with Crippen LogP contribution in [0.2, 0.25) is 10.0 Å². The molecule has 0 saturated carbocycles. The zero-order valence-electron chi connectivity index (χ0n) is 16.0. The molecule has 1 heterocycles. The van der Waals surface area contributed by atoms with E-state index in [1.54, 1.807) is 18.2 Å². The van der Waals surface area contributed by atoms with Crippen molar-refractivity contribution in [3.05, 3.63) is 81.6 Å². The van der Waals surface area contributed by atoms with Gasteiger partial charge in [-0.15, -0.1) is 0 Å². The van der Waals surface area contributed by atoms with Crippen molar-refractivity contribution in [3.8, 4) is 11.5 Å². The molecule has 31 heavy (non-hydrogen) atoms. The van der Waals surface area contributed by atoms with Gasteiger partial charge in [-0.3, -0.25) is 10.1 Å². The van der Waals surface area contributed by atoms with Crippen LogP contribution in [0, 0.1) is 12.7 Å². The van der Waals surface area contributed by atoms with Crippen LogP contribution >= 0.6 is 35.4 Å². The van der Waals surface area contributed by atoms with Crippen LogP contribution < -0.4 is 10.6 Å². The van der Waals surface area contributed by atoms with E-state index in [1.165, 1.54) is 6.07 Å². The number of oxazole rings is 1. The maximum absolute atomic E-state index is 13.2. The maximum atomic E-state index is 13.2. The third kappa shape index (κ3) is 4.69. The van der Waals surface area contributed by atoms with Crippen LogP contribution in [0.4, 0.5) is 10.1 Å². The number of aromatic nitrogens is 1. The van der Waals surface area contributed by atoms with Gasteiger partial charge < -0.3 is 9.73 Å². The summed E-state index contributed by atoms with van der Waals surface area (Å²) in [7, 11) is 0. The SMILES string of the molecule is Cc1ccc2oc(-c3cc(NC(=S)NC(=O)c4ccc(F)cc4Cl)ccc3Cl)nc2c1.